The van der Waals surface area contributed by atoms with Crippen LogP contribution in [0.4, 0.5) is 13.2 Å². The molecule has 31 heavy (non-hydrogen) atoms. The summed E-state index contributed by atoms with van der Waals surface area (Å²) in [6.07, 6.45) is 0.0580. The quantitative estimate of drug-likeness (QED) is 0.403. The van der Waals surface area contributed by atoms with Crippen molar-refractivity contribution in [1.82, 2.24) is 14.5 Å². The molecule has 9 heteroatoms. The molecular formula is C22H17ClF3N3O2. The maximum atomic E-state index is 14.2. The second-order valence-corrected chi connectivity index (χ2v) is 7.73. The van der Waals surface area contributed by atoms with Crippen LogP contribution in [0, 0.1) is 0 Å². The molecule has 2 aromatic heterocycles. The lowest BCUT2D eigenvalue weighted by molar-refractivity contribution is -0.154. The number of alkyl halides is 3. The van der Waals surface area contributed by atoms with Crippen LogP contribution in [0.15, 0.2) is 64.3 Å². The van der Waals surface area contributed by atoms with Crippen LogP contribution in [0.25, 0.3) is 22.2 Å². The van der Waals surface area contributed by atoms with Gasteiger partial charge in [-0.25, -0.2) is 14.8 Å². The predicted molar refractivity (Wildman–Crippen MR) is 111 cm³/mol. The van der Waals surface area contributed by atoms with E-state index < -0.39 is 23.8 Å². The summed E-state index contributed by atoms with van der Waals surface area (Å²) >= 11 is 6.41. The summed E-state index contributed by atoms with van der Waals surface area (Å²) in [5, 5.41) is 0.222. The Morgan fingerprint density at radius 1 is 1.06 bits per heavy atom. The van der Waals surface area contributed by atoms with Crippen LogP contribution in [0.5, 0.6) is 0 Å². The summed E-state index contributed by atoms with van der Waals surface area (Å²) in [6, 6.07) is 8.98. The lowest BCUT2D eigenvalue weighted by atomic mass is 9.81. The van der Waals surface area contributed by atoms with E-state index in [1.165, 1.54) is 43.1 Å². The molecule has 2 unspecified atom stereocenters. The fourth-order valence-electron chi connectivity index (χ4n) is 3.80. The first-order chi connectivity index (χ1) is 14.7. The van der Waals surface area contributed by atoms with Gasteiger partial charge in [-0.15, -0.1) is 0 Å². The Labute approximate surface area is 180 Å². The molecule has 0 amide bonds. The molecule has 0 aliphatic heterocycles. The summed E-state index contributed by atoms with van der Waals surface area (Å²) in [7, 11) is 1.45. The number of hydrogen-bond donors (Lipinski definition) is 0. The van der Waals surface area contributed by atoms with E-state index in [9.17, 15) is 18.0 Å². The molecular weight excluding hydrogens is 431 g/mol. The van der Waals surface area contributed by atoms with Crippen LogP contribution < -0.4 is 5.76 Å². The number of fused-ring (bicyclic) bond motifs is 1. The predicted octanol–water partition coefficient (Wildman–Crippen LogP) is 5.69. The SMILES string of the molecule is CC(c1ccc(-c2cncnc2)cc1Cl)C(c1ccc2oc(=O)n(C)c2c1)C(F)(F)F. The Morgan fingerprint density at radius 2 is 1.77 bits per heavy atom. The van der Waals surface area contributed by atoms with Gasteiger partial charge in [0, 0.05) is 30.0 Å². The Morgan fingerprint density at radius 3 is 2.42 bits per heavy atom. The highest BCUT2D eigenvalue weighted by Crippen LogP contribution is 2.47. The highest BCUT2D eigenvalue weighted by atomic mass is 35.5. The van der Waals surface area contributed by atoms with Gasteiger partial charge in [-0.05, 0) is 40.8 Å². The van der Waals surface area contributed by atoms with Crippen molar-refractivity contribution in [3.63, 3.8) is 0 Å². The molecule has 0 fully saturated rings. The molecule has 5 nitrogen and oxygen atoms in total. The topological polar surface area (TPSA) is 60.9 Å². The van der Waals surface area contributed by atoms with E-state index in [-0.39, 0.29) is 16.2 Å². The van der Waals surface area contributed by atoms with Crippen molar-refractivity contribution >= 4 is 22.7 Å². The van der Waals surface area contributed by atoms with Crippen molar-refractivity contribution < 1.29 is 17.6 Å². The number of nitrogens with zero attached hydrogens (tertiary/aromatic N) is 3. The van der Waals surface area contributed by atoms with Crippen molar-refractivity contribution in [2.75, 3.05) is 0 Å². The first kappa shape index (κ1) is 21.1. The minimum atomic E-state index is -4.54. The molecule has 4 rings (SSSR count). The molecule has 0 N–H and O–H groups in total. The minimum absolute atomic E-state index is 0.0282. The summed E-state index contributed by atoms with van der Waals surface area (Å²) < 4.78 is 48.7. The van der Waals surface area contributed by atoms with Gasteiger partial charge in [-0.2, -0.15) is 13.2 Å². The van der Waals surface area contributed by atoms with Crippen molar-refractivity contribution in [2.45, 2.75) is 24.9 Å². The number of aryl methyl sites for hydroxylation is 1. The van der Waals surface area contributed by atoms with E-state index in [0.717, 1.165) is 0 Å². The number of aromatic nitrogens is 3. The van der Waals surface area contributed by atoms with Gasteiger partial charge in [-0.1, -0.05) is 36.7 Å². The number of hydrogen-bond acceptors (Lipinski definition) is 4. The second kappa shape index (κ2) is 7.85. The van der Waals surface area contributed by atoms with E-state index in [4.69, 9.17) is 16.0 Å². The average Bonchev–Trinajstić information content (AvgIpc) is 3.01. The fourth-order valence-corrected chi connectivity index (χ4v) is 4.15. The van der Waals surface area contributed by atoms with Crippen molar-refractivity contribution in [3.8, 4) is 11.1 Å². The van der Waals surface area contributed by atoms with E-state index in [1.54, 1.807) is 30.6 Å². The smallest absolute Gasteiger partial charge is 0.408 e. The normalized spacial score (nSPS) is 14.0. The first-order valence-electron chi connectivity index (χ1n) is 9.38. The maximum absolute atomic E-state index is 14.2. The van der Waals surface area contributed by atoms with Gasteiger partial charge in [0.25, 0.3) is 0 Å². The van der Waals surface area contributed by atoms with E-state index in [0.29, 0.717) is 22.2 Å². The third kappa shape index (κ3) is 3.95. The van der Waals surface area contributed by atoms with Gasteiger partial charge < -0.3 is 4.42 Å². The molecule has 160 valence electrons. The number of oxazole rings is 1. The monoisotopic (exact) mass is 447 g/mol. The van der Waals surface area contributed by atoms with Crippen molar-refractivity contribution in [2.24, 2.45) is 7.05 Å². The minimum Gasteiger partial charge on any atom is -0.408 e. The third-order valence-corrected chi connectivity index (χ3v) is 5.74. The Balaban J connectivity index is 1.77. The molecule has 0 aliphatic carbocycles. The molecule has 0 saturated carbocycles. The zero-order chi connectivity index (χ0) is 22.3. The largest absolute Gasteiger partial charge is 0.419 e. The van der Waals surface area contributed by atoms with Gasteiger partial charge in [0.05, 0.1) is 11.4 Å². The molecule has 0 saturated heterocycles. The van der Waals surface area contributed by atoms with Gasteiger partial charge >= 0.3 is 11.9 Å². The van der Waals surface area contributed by atoms with Gasteiger partial charge in [0.2, 0.25) is 0 Å². The van der Waals surface area contributed by atoms with Gasteiger partial charge in [0.1, 0.15) is 6.33 Å². The Hall–Kier alpha value is -3.13. The molecule has 2 atom stereocenters. The van der Waals surface area contributed by atoms with E-state index in [1.807, 2.05) is 0 Å². The molecule has 2 aromatic carbocycles. The summed E-state index contributed by atoms with van der Waals surface area (Å²) in [6.45, 7) is 1.49. The maximum Gasteiger partial charge on any atom is 0.419 e. The molecule has 4 aromatic rings. The highest BCUT2D eigenvalue weighted by molar-refractivity contribution is 6.31. The van der Waals surface area contributed by atoms with E-state index in [2.05, 4.69) is 9.97 Å². The van der Waals surface area contributed by atoms with Crippen LogP contribution in [0.2, 0.25) is 5.02 Å². The standard InChI is InChI=1S/C22H17ClF3N3O2/c1-12(16-5-3-13(7-17(16)23)15-9-27-11-28-10-15)20(22(24,25)26)14-4-6-19-18(8-14)29(2)21(30)31-19/h3-12,20H,1-2H3. The van der Waals surface area contributed by atoms with Crippen LogP contribution in [0.1, 0.15) is 29.9 Å². The fraction of sp³-hybridized carbons (Fsp3) is 0.227. The molecule has 0 spiro atoms. The first-order valence-corrected chi connectivity index (χ1v) is 9.75. The highest BCUT2D eigenvalue weighted by Gasteiger charge is 2.45. The molecule has 0 bridgehead atoms. The van der Waals surface area contributed by atoms with Crippen molar-refractivity contribution in [3.05, 3.63) is 81.8 Å². The Kier molecular flexibility index (Phi) is 5.35. The zero-order valence-corrected chi connectivity index (χ0v) is 17.3. The Bertz CT molecular complexity index is 1300. The summed E-state index contributed by atoms with van der Waals surface area (Å²) in [5.41, 5.74) is 2.35. The van der Waals surface area contributed by atoms with Crippen molar-refractivity contribution in [1.29, 1.82) is 0 Å². The number of halogens is 4. The number of benzene rings is 2. The van der Waals surface area contributed by atoms with E-state index >= 15 is 0 Å². The van der Waals surface area contributed by atoms with Gasteiger partial charge in [-0.3, -0.25) is 4.57 Å². The van der Waals surface area contributed by atoms with Crippen LogP contribution in [-0.2, 0) is 7.05 Å². The van der Waals surface area contributed by atoms with Crippen LogP contribution in [-0.4, -0.2) is 20.7 Å². The van der Waals surface area contributed by atoms with Gasteiger partial charge in [0.15, 0.2) is 5.58 Å². The lowest BCUT2D eigenvalue weighted by Gasteiger charge is -2.28. The van der Waals surface area contributed by atoms with Crippen LogP contribution >= 0.6 is 11.6 Å². The van der Waals surface area contributed by atoms with Crippen LogP contribution in [0.3, 0.4) is 0 Å². The zero-order valence-electron chi connectivity index (χ0n) is 16.5. The molecule has 0 aliphatic rings. The second-order valence-electron chi connectivity index (χ2n) is 7.33. The third-order valence-electron chi connectivity index (χ3n) is 5.41. The summed E-state index contributed by atoms with van der Waals surface area (Å²) in [5.74, 6) is -3.44. The number of rotatable bonds is 4. The summed E-state index contributed by atoms with van der Waals surface area (Å²) in [4.78, 5) is 19.6. The average molecular weight is 448 g/mol. The molecule has 2 heterocycles. The lowest BCUT2D eigenvalue weighted by Crippen LogP contribution is -2.26. The molecule has 0 radical (unpaired) electrons.